The largest absolute Gasteiger partial charge is 0.493 e. The first kappa shape index (κ1) is 22.9. The predicted molar refractivity (Wildman–Crippen MR) is 126 cm³/mol. The third kappa shape index (κ3) is 4.72. The molecule has 0 saturated carbocycles. The molecule has 9 heteroatoms. The summed E-state index contributed by atoms with van der Waals surface area (Å²) >= 11 is 6.23. The van der Waals surface area contributed by atoms with Gasteiger partial charge in [0.2, 0.25) is 0 Å². The highest BCUT2D eigenvalue weighted by atomic mass is 35.5. The number of halogens is 1. The van der Waals surface area contributed by atoms with Crippen LogP contribution in [0.2, 0.25) is 5.02 Å². The Labute approximate surface area is 199 Å². The van der Waals surface area contributed by atoms with Crippen molar-refractivity contribution in [2.45, 2.75) is 6.61 Å². The van der Waals surface area contributed by atoms with Gasteiger partial charge in [-0.15, -0.1) is 0 Å². The van der Waals surface area contributed by atoms with Gasteiger partial charge in [-0.3, -0.25) is 15.0 Å². The predicted octanol–water partition coefficient (Wildman–Crippen LogP) is 4.09. The first-order valence-electron chi connectivity index (χ1n) is 10.1. The average molecular weight is 479 g/mol. The summed E-state index contributed by atoms with van der Waals surface area (Å²) in [6.07, 6.45) is 1.40. The Morgan fingerprint density at radius 3 is 2.44 bits per heavy atom. The lowest BCUT2D eigenvalue weighted by atomic mass is 10.1. The van der Waals surface area contributed by atoms with E-state index in [0.29, 0.717) is 27.6 Å². The van der Waals surface area contributed by atoms with E-state index in [0.717, 1.165) is 0 Å². The molecule has 1 heterocycles. The van der Waals surface area contributed by atoms with Gasteiger partial charge >= 0.3 is 5.97 Å². The van der Waals surface area contributed by atoms with Gasteiger partial charge in [0.25, 0.3) is 11.8 Å². The number of hydrogen-bond donors (Lipinski definition) is 2. The maximum absolute atomic E-state index is 13.0. The molecule has 2 N–H and O–H groups in total. The molecule has 1 aliphatic heterocycles. The number of carboxylic acid groups (broad SMARTS) is 1. The van der Waals surface area contributed by atoms with Crippen LogP contribution in [0.4, 0.5) is 5.69 Å². The van der Waals surface area contributed by atoms with Crippen molar-refractivity contribution in [3.63, 3.8) is 0 Å². The number of hydrazine groups is 1. The molecule has 1 aliphatic rings. The summed E-state index contributed by atoms with van der Waals surface area (Å²) in [5, 5.41) is 10.5. The van der Waals surface area contributed by atoms with E-state index in [4.69, 9.17) is 26.2 Å². The monoisotopic (exact) mass is 478 g/mol. The molecule has 0 unspecified atom stereocenters. The Morgan fingerprint density at radius 2 is 1.79 bits per heavy atom. The Bertz CT molecular complexity index is 1290. The Kier molecular flexibility index (Phi) is 6.51. The van der Waals surface area contributed by atoms with Crippen LogP contribution in [0.15, 0.2) is 72.3 Å². The average Bonchev–Trinajstić information content (AvgIpc) is 3.12. The highest BCUT2D eigenvalue weighted by molar-refractivity contribution is 6.32. The molecule has 4 rings (SSSR count). The minimum absolute atomic E-state index is 0.0876. The van der Waals surface area contributed by atoms with Crippen molar-refractivity contribution in [3.05, 3.63) is 94.0 Å². The second-order valence-corrected chi connectivity index (χ2v) is 7.73. The van der Waals surface area contributed by atoms with Crippen LogP contribution >= 0.6 is 11.6 Å². The number of para-hydroxylation sites is 1. The summed E-state index contributed by atoms with van der Waals surface area (Å²) in [6.45, 7) is 0.0876. The Balaban J connectivity index is 1.66. The standard InChI is InChI=1S/C25H19ClN2O6/c1-33-21-13-18(26)11-17(22(21)34-14-15-7-9-16(10-8-15)25(31)32)12-20-23(29)27-28(24(20)30)19-5-3-2-4-6-19/h2-13H,14H2,1H3,(H,27,29)(H,31,32)/b20-12-. The molecule has 0 atom stereocenters. The van der Waals surface area contributed by atoms with Crippen molar-refractivity contribution >= 4 is 41.1 Å². The molecule has 2 amide bonds. The van der Waals surface area contributed by atoms with Crippen LogP contribution in [0.1, 0.15) is 21.5 Å². The van der Waals surface area contributed by atoms with Gasteiger partial charge in [0.1, 0.15) is 12.2 Å². The molecule has 0 spiro atoms. The van der Waals surface area contributed by atoms with E-state index in [1.54, 1.807) is 54.6 Å². The number of carboxylic acids is 1. The van der Waals surface area contributed by atoms with Crippen molar-refractivity contribution < 1.29 is 29.0 Å². The van der Waals surface area contributed by atoms with Gasteiger partial charge in [0.05, 0.1) is 18.4 Å². The second-order valence-electron chi connectivity index (χ2n) is 7.29. The number of nitrogens with one attached hydrogen (secondary N) is 1. The molecule has 34 heavy (non-hydrogen) atoms. The summed E-state index contributed by atoms with van der Waals surface area (Å²) < 4.78 is 11.4. The van der Waals surface area contributed by atoms with Crippen LogP contribution in [0.5, 0.6) is 11.5 Å². The first-order chi connectivity index (χ1) is 16.4. The summed E-state index contributed by atoms with van der Waals surface area (Å²) in [7, 11) is 1.45. The van der Waals surface area contributed by atoms with Crippen LogP contribution < -0.4 is 19.9 Å². The van der Waals surface area contributed by atoms with Gasteiger partial charge in [-0.1, -0.05) is 41.9 Å². The molecule has 172 valence electrons. The molecule has 0 aliphatic carbocycles. The number of aromatic carboxylic acids is 1. The lowest BCUT2D eigenvalue weighted by molar-refractivity contribution is -0.117. The van der Waals surface area contributed by atoms with Gasteiger partial charge in [-0.05, 0) is 42.0 Å². The fourth-order valence-electron chi connectivity index (χ4n) is 3.37. The maximum atomic E-state index is 13.0. The SMILES string of the molecule is COc1cc(Cl)cc(/C=C2/C(=O)NN(c3ccccc3)C2=O)c1OCc1ccc(C(=O)O)cc1. The number of nitrogens with zero attached hydrogens (tertiary/aromatic N) is 1. The minimum Gasteiger partial charge on any atom is -0.493 e. The lowest BCUT2D eigenvalue weighted by Gasteiger charge is -2.15. The molecule has 1 fully saturated rings. The van der Waals surface area contributed by atoms with Crippen LogP contribution in [-0.2, 0) is 16.2 Å². The van der Waals surface area contributed by atoms with E-state index in [-0.39, 0.29) is 23.5 Å². The zero-order valence-electron chi connectivity index (χ0n) is 17.9. The van der Waals surface area contributed by atoms with Crippen LogP contribution in [0, 0.1) is 0 Å². The van der Waals surface area contributed by atoms with E-state index in [1.165, 1.54) is 30.3 Å². The summed E-state index contributed by atoms with van der Waals surface area (Å²) in [5.74, 6) is -1.52. The smallest absolute Gasteiger partial charge is 0.335 e. The number of amides is 2. The fourth-order valence-corrected chi connectivity index (χ4v) is 3.59. The van der Waals surface area contributed by atoms with E-state index in [9.17, 15) is 14.4 Å². The van der Waals surface area contributed by atoms with Crippen molar-refractivity contribution in [1.82, 2.24) is 5.43 Å². The van der Waals surface area contributed by atoms with Crippen molar-refractivity contribution in [1.29, 1.82) is 0 Å². The molecular weight excluding hydrogens is 460 g/mol. The molecule has 3 aromatic carbocycles. The van der Waals surface area contributed by atoms with Crippen LogP contribution in [0.3, 0.4) is 0 Å². The van der Waals surface area contributed by atoms with Gasteiger partial charge in [0, 0.05) is 16.7 Å². The molecule has 0 aromatic heterocycles. The quantitative estimate of drug-likeness (QED) is 0.391. The topological polar surface area (TPSA) is 105 Å². The van der Waals surface area contributed by atoms with Gasteiger partial charge in [0.15, 0.2) is 11.5 Å². The third-order valence-electron chi connectivity index (χ3n) is 5.06. The number of anilines is 1. The van der Waals surface area contributed by atoms with E-state index in [2.05, 4.69) is 5.43 Å². The molecular formula is C25H19ClN2O6. The van der Waals surface area contributed by atoms with E-state index >= 15 is 0 Å². The third-order valence-corrected chi connectivity index (χ3v) is 5.28. The maximum Gasteiger partial charge on any atom is 0.335 e. The number of carbonyl (C=O) groups is 3. The summed E-state index contributed by atoms with van der Waals surface area (Å²) in [5.41, 5.74) is 4.23. The number of rotatable bonds is 7. The molecule has 8 nitrogen and oxygen atoms in total. The number of carbonyl (C=O) groups excluding carboxylic acids is 2. The zero-order chi connectivity index (χ0) is 24.2. The summed E-state index contributed by atoms with van der Waals surface area (Å²) in [6, 6.07) is 18.1. The molecule has 0 bridgehead atoms. The van der Waals surface area contributed by atoms with E-state index in [1.807, 2.05) is 0 Å². The summed E-state index contributed by atoms with van der Waals surface area (Å²) in [4.78, 5) is 36.6. The van der Waals surface area contributed by atoms with Gasteiger partial charge in [-0.2, -0.15) is 0 Å². The highest BCUT2D eigenvalue weighted by Crippen LogP contribution is 2.37. The first-order valence-corrected chi connectivity index (χ1v) is 10.5. The minimum atomic E-state index is -1.02. The lowest BCUT2D eigenvalue weighted by Crippen LogP contribution is -2.35. The fraction of sp³-hybridized carbons (Fsp3) is 0.0800. The van der Waals surface area contributed by atoms with Gasteiger partial charge in [-0.25, -0.2) is 9.80 Å². The van der Waals surface area contributed by atoms with Gasteiger partial charge < -0.3 is 14.6 Å². The molecule has 0 radical (unpaired) electrons. The van der Waals surface area contributed by atoms with Crippen molar-refractivity contribution in [3.8, 4) is 11.5 Å². The Morgan fingerprint density at radius 1 is 1.09 bits per heavy atom. The molecule has 1 saturated heterocycles. The number of hydrogen-bond acceptors (Lipinski definition) is 5. The number of benzene rings is 3. The number of ether oxygens (including phenoxy) is 2. The number of methoxy groups -OCH3 is 1. The highest BCUT2D eigenvalue weighted by Gasteiger charge is 2.34. The second kappa shape index (κ2) is 9.68. The Hall–Kier alpha value is -4.30. The van der Waals surface area contributed by atoms with Crippen molar-refractivity contribution in [2.24, 2.45) is 0 Å². The van der Waals surface area contributed by atoms with E-state index < -0.39 is 17.8 Å². The van der Waals surface area contributed by atoms with Crippen LogP contribution in [-0.4, -0.2) is 30.0 Å². The molecule has 3 aromatic rings. The zero-order valence-corrected chi connectivity index (χ0v) is 18.7. The normalized spacial score (nSPS) is 14.3. The van der Waals surface area contributed by atoms with Crippen LogP contribution in [0.25, 0.3) is 6.08 Å². The van der Waals surface area contributed by atoms with Crippen molar-refractivity contribution in [2.75, 3.05) is 12.1 Å².